The van der Waals surface area contributed by atoms with Gasteiger partial charge in [0.25, 0.3) is 0 Å². The van der Waals surface area contributed by atoms with E-state index in [0.717, 1.165) is 23.8 Å². The minimum atomic E-state index is 0.905. The molecule has 0 saturated heterocycles. The molecule has 1 aliphatic carbocycles. The Morgan fingerprint density at radius 1 is 1.33 bits per heavy atom. The largest absolute Gasteiger partial charge is 0.328 e. The van der Waals surface area contributed by atoms with Gasteiger partial charge in [-0.05, 0) is 50.3 Å². The third-order valence-corrected chi connectivity index (χ3v) is 3.23. The lowest BCUT2D eigenvalue weighted by molar-refractivity contribution is 0.626. The summed E-state index contributed by atoms with van der Waals surface area (Å²) in [5.74, 6) is 2.06. The van der Waals surface area contributed by atoms with E-state index in [9.17, 15) is 0 Å². The van der Waals surface area contributed by atoms with Crippen molar-refractivity contribution < 1.29 is 0 Å². The average molecular weight is 200 g/mol. The monoisotopic (exact) mass is 200 g/mol. The molecule has 1 aliphatic rings. The van der Waals surface area contributed by atoms with Gasteiger partial charge in [0.1, 0.15) is 5.82 Å². The second-order valence-corrected chi connectivity index (χ2v) is 4.71. The molecule has 2 heteroatoms. The summed E-state index contributed by atoms with van der Waals surface area (Å²) < 4.78 is 2.37. The second kappa shape index (κ2) is 3.09. The predicted octanol–water partition coefficient (Wildman–Crippen LogP) is 3.06. The lowest BCUT2D eigenvalue weighted by atomic mass is 10.2. The van der Waals surface area contributed by atoms with Crippen LogP contribution in [0.5, 0.6) is 0 Å². The van der Waals surface area contributed by atoms with E-state index < -0.39 is 0 Å². The van der Waals surface area contributed by atoms with E-state index in [0.29, 0.717) is 0 Å². The van der Waals surface area contributed by atoms with Crippen LogP contribution in [0.3, 0.4) is 0 Å². The Labute approximate surface area is 89.9 Å². The van der Waals surface area contributed by atoms with Gasteiger partial charge in [0.05, 0.1) is 11.0 Å². The highest BCUT2D eigenvalue weighted by Crippen LogP contribution is 2.32. The Bertz CT molecular complexity index is 506. The quantitative estimate of drug-likeness (QED) is 0.728. The second-order valence-electron chi connectivity index (χ2n) is 4.71. The summed E-state index contributed by atoms with van der Waals surface area (Å²) in [7, 11) is 0. The Morgan fingerprint density at radius 2 is 2.13 bits per heavy atom. The summed E-state index contributed by atoms with van der Waals surface area (Å²) in [6.45, 7) is 5.39. The van der Waals surface area contributed by atoms with Gasteiger partial charge in [0.2, 0.25) is 0 Å². The molecule has 0 spiro atoms. The summed E-state index contributed by atoms with van der Waals surface area (Å²) in [6.07, 6.45) is 2.79. The molecule has 0 atom stereocenters. The molecule has 1 heterocycles. The first-order chi connectivity index (χ1) is 7.24. The molecule has 0 aliphatic heterocycles. The number of rotatable bonds is 2. The van der Waals surface area contributed by atoms with E-state index in [2.05, 4.69) is 41.6 Å². The predicted molar refractivity (Wildman–Crippen MR) is 61.9 cm³/mol. The summed E-state index contributed by atoms with van der Waals surface area (Å²) >= 11 is 0. The lowest BCUT2D eigenvalue weighted by Gasteiger charge is -2.04. The van der Waals surface area contributed by atoms with Crippen molar-refractivity contribution in [3.05, 3.63) is 29.6 Å². The fourth-order valence-corrected chi connectivity index (χ4v) is 2.15. The highest BCUT2D eigenvalue weighted by Gasteiger charge is 2.23. The van der Waals surface area contributed by atoms with Gasteiger partial charge in [-0.15, -0.1) is 0 Å². The number of nitrogens with zero attached hydrogens (tertiary/aromatic N) is 2. The first kappa shape index (κ1) is 8.96. The molecule has 0 N–H and O–H groups in total. The molecule has 0 radical (unpaired) electrons. The molecule has 3 rings (SSSR count). The van der Waals surface area contributed by atoms with E-state index in [1.807, 2.05) is 0 Å². The first-order valence-corrected chi connectivity index (χ1v) is 5.67. The summed E-state index contributed by atoms with van der Waals surface area (Å²) in [5.41, 5.74) is 3.73. The Hall–Kier alpha value is -1.31. The van der Waals surface area contributed by atoms with Gasteiger partial charge in [-0.25, -0.2) is 4.98 Å². The van der Waals surface area contributed by atoms with Gasteiger partial charge in [0.15, 0.2) is 0 Å². The number of benzene rings is 1. The van der Waals surface area contributed by atoms with Crippen LogP contribution in [0.1, 0.15) is 24.2 Å². The molecule has 2 aromatic rings. The highest BCUT2D eigenvalue weighted by molar-refractivity contribution is 5.76. The van der Waals surface area contributed by atoms with E-state index >= 15 is 0 Å². The summed E-state index contributed by atoms with van der Waals surface area (Å²) in [4.78, 5) is 4.62. The summed E-state index contributed by atoms with van der Waals surface area (Å²) in [6, 6.07) is 6.55. The topological polar surface area (TPSA) is 17.8 Å². The average Bonchev–Trinajstić information content (AvgIpc) is 2.93. The van der Waals surface area contributed by atoms with Crippen molar-refractivity contribution >= 4 is 11.0 Å². The van der Waals surface area contributed by atoms with Gasteiger partial charge in [-0.2, -0.15) is 0 Å². The Kier molecular flexibility index (Phi) is 1.84. The van der Waals surface area contributed by atoms with Crippen LogP contribution in [-0.2, 0) is 6.54 Å². The molecule has 0 unspecified atom stereocenters. The van der Waals surface area contributed by atoms with Gasteiger partial charge >= 0.3 is 0 Å². The molecule has 1 aromatic heterocycles. The minimum absolute atomic E-state index is 0.905. The summed E-state index contributed by atoms with van der Waals surface area (Å²) in [5, 5.41) is 0. The van der Waals surface area contributed by atoms with Gasteiger partial charge in [-0.3, -0.25) is 0 Å². The van der Waals surface area contributed by atoms with Crippen molar-refractivity contribution in [1.29, 1.82) is 0 Å². The maximum absolute atomic E-state index is 4.62. The lowest BCUT2D eigenvalue weighted by Crippen LogP contribution is -2.01. The van der Waals surface area contributed by atoms with Gasteiger partial charge < -0.3 is 4.57 Å². The van der Waals surface area contributed by atoms with Crippen LogP contribution in [-0.4, -0.2) is 9.55 Å². The van der Waals surface area contributed by atoms with Crippen molar-refractivity contribution in [2.75, 3.05) is 0 Å². The number of fused-ring (bicyclic) bond motifs is 1. The number of hydrogen-bond donors (Lipinski definition) is 0. The Morgan fingerprint density at radius 3 is 2.87 bits per heavy atom. The highest BCUT2D eigenvalue weighted by atomic mass is 15.1. The zero-order chi connectivity index (χ0) is 10.4. The van der Waals surface area contributed by atoms with Crippen LogP contribution in [0.4, 0.5) is 0 Å². The van der Waals surface area contributed by atoms with Crippen LogP contribution in [0, 0.1) is 19.8 Å². The molecular weight excluding hydrogens is 184 g/mol. The third-order valence-electron chi connectivity index (χ3n) is 3.23. The fourth-order valence-electron chi connectivity index (χ4n) is 2.15. The third kappa shape index (κ3) is 1.54. The van der Waals surface area contributed by atoms with Crippen LogP contribution < -0.4 is 0 Å². The molecule has 78 valence electrons. The van der Waals surface area contributed by atoms with Crippen molar-refractivity contribution in [2.24, 2.45) is 5.92 Å². The molecule has 1 fully saturated rings. The van der Waals surface area contributed by atoms with E-state index in [4.69, 9.17) is 0 Å². The molecule has 0 amide bonds. The van der Waals surface area contributed by atoms with Gasteiger partial charge in [0, 0.05) is 6.54 Å². The smallest absolute Gasteiger partial charge is 0.106 e. The zero-order valence-corrected chi connectivity index (χ0v) is 9.33. The first-order valence-electron chi connectivity index (χ1n) is 5.67. The number of imidazole rings is 1. The molecular formula is C13H16N2. The molecule has 0 bridgehead atoms. The molecule has 15 heavy (non-hydrogen) atoms. The van der Waals surface area contributed by atoms with Crippen molar-refractivity contribution in [2.45, 2.75) is 33.2 Å². The zero-order valence-electron chi connectivity index (χ0n) is 9.33. The van der Waals surface area contributed by atoms with Crippen molar-refractivity contribution in [3.63, 3.8) is 0 Å². The SMILES string of the molecule is Cc1ccc2c(c1)nc(C)n2CC1CC1. The number of aromatic nitrogens is 2. The molecule has 2 nitrogen and oxygen atoms in total. The number of hydrogen-bond acceptors (Lipinski definition) is 1. The maximum atomic E-state index is 4.62. The van der Waals surface area contributed by atoms with Crippen LogP contribution in [0.2, 0.25) is 0 Å². The van der Waals surface area contributed by atoms with Gasteiger partial charge in [-0.1, -0.05) is 6.07 Å². The molecule has 1 aromatic carbocycles. The Balaban J connectivity index is 2.13. The van der Waals surface area contributed by atoms with E-state index in [-0.39, 0.29) is 0 Å². The normalized spacial score (nSPS) is 16.1. The van der Waals surface area contributed by atoms with Crippen LogP contribution in [0.25, 0.3) is 11.0 Å². The number of aryl methyl sites for hydroxylation is 2. The van der Waals surface area contributed by atoms with Crippen molar-refractivity contribution in [1.82, 2.24) is 9.55 Å². The van der Waals surface area contributed by atoms with E-state index in [1.54, 1.807) is 0 Å². The van der Waals surface area contributed by atoms with Crippen LogP contribution >= 0.6 is 0 Å². The standard InChI is InChI=1S/C13H16N2/c1-9-3-6-13-12(7-9)14-10(2)15(13)8-11-4-5-11/h3,6-7,11H,4-5,8H2,1-2H3. The fraction of sp³-hybridized carbons (Fsp3) is 0.462. The van der Waals surface area contributed by atoms with Crippen LogP contribution in [0.15, 0.2) is 18.2 Å². The molecule has 1 saturated carbocycles. The van der Waals surface area contributed by atoms with E-state index in [1.165, 1.54) is 23.9 Å². The van der Waals surface area contributed by atoms with Crippen molar-refractivity contribution in [3.8, 4) is 0 Å². The maximum Gasteiger partial charge on any atom is 0.106 e. The minimum Gasteiger partial charge on any atom is -0.328 e.